The summed E-state index contributed by atoms with van der Waals surface area (Å²) in [5, 5.41) is 0. The number of benzene rings is 1. The van der Waals surface area contributed by atoms with Crippen molar-refractivity contribution in [3.8, 4) is 12.3 Å². The van der Waals surface area contributed by atoms with Crippen LogP contribution in [0.5, 0.6) is 0 Å². The molecule has 84 valence electrons. The average molecular weight is 216 g/mol. The zero-order valence-electron chi connectivity index (χ0n) is 9.53. The Morgan fingerprint density at radius 3 is 3.00 bits per heavy atom. The predicted molar refractivity (Wildman–Crippen MR) is 64.2 cm³/mol. The molecule has 2 nitrogen and oxygen atoms in total. The molecule has 0 aliphatic carbocycles. The Morgan fingerprint density at radius 1 is 1.50 bits per heavy atom. The Morgan fingerprint density at radius 2 is 2.31 bits per heavy atom. The molecule has 0 radical (unpaired) electrons. The lowest BCUT2D eigenvalue weighted by atomic mass is 10.1. The fourth-order valence-corrected chi connectivity index (χ4v) is 1.35. The summed E-state index contributed by atoms with van der Waals surface area (Å²) >= 11 is 0. The third-order valence-corrected chi connectivity index (χ3v) is 2.16. The number of terminal acetylenes is 1. The van der Waals surface area contributed by atoms with E-state index in [0.717, 1.165) is 18.4 Å². The van der Waals surface area contributed by atoms with Crippen LogP contribution in [-0.2, 0) is 11.2 Å². The summed E-state index contributed by atoms with van der Waals surface area (Å²) in [4.78, 5) is 11.6. The molecule has 0 N–H and O–H groups in total. The topological polar surface area (TPSA) is 26.3 Å². The van der Waals surface area contributed by atoms with Gasteiger partial charge in [-0.3, -0.25) is 0 Å². The van der Waals surface area contributed by atoms with E-state index in [1.807, 2.05) is 25.1 Å². The predicted octanol–water partition coefficient (Wildman–Crippen LogP) is 2.82. The van der Waals surface area contributed by atoms with Crippen molar-refractivity contribution in [1.82, 2.24) is 0 Å². The molecular weight excluding hydrogens is 200 g/mol. The van der Waals surface area contributed by atoms with Crippen LogP contribution in [-0.4, -0.2) is 12.6 Å². The highest BCUT2D eigenvalue weighted by Crippen LogP contribution is 2.09. The molecule has 16 heavy (non-hydrogen) atoms. The van der Waals surface area contributed by atoms with Crippen LogP contribution in [0.1, 0.15) is 35.7 Å². The molecule has 2 heteroatoms. The molecule has 0 heterocycles. The lowest BCUT2D eigenvalue weighted by molar-refractivity contribution is 0.0505. The summed E-state index contributed by atoms with van der Waals surface area (Å²) in [6, 6.07) is 7.43. The van der Waals surface area contributed by atoms with Crippen molar-refractivity contribution >= 4 is 5.97 Å². The number of esters is 1. The van der Waals surface area contributed by atoms with Gasteiger partial charge < -0.3 is 4.74 Å². The maximum Gasteiger partial charge on any atom is 0.338 e. The van der Waals surface area contributed by atoms with Crippen molar-refractivity contribution in [1.29, 1.82) is 0 Å². The number of aryl methyl sites for hydroxylation is 1. The van der Waals surface area contributed by atoms with Gasteiger partial charge in [-0.15, -0.1) is 12.3 Å². The first-order chi connectivity index (χ1) is 7.77. The lowest BCUT2D eigenvalue weighted by Crippen LogP contribution is -2.06. The van der Waals surface area contributed by atoms with Gasteiger partial charge in [-0.05, 0) is 30.5 Å². The molecule has 0 bridgehead atoms. The van der Waals surface area contributed by atoms with E-state index in [0.29, 0.717) is 18.6 Å². The molecule has 0 saturated carbocycles. The molecule has 0 aliphatic rings. The molecule has 0 aromatic heterocycles. The summed E-state index contributed by atoms with van der Waals surface area (Å²) < 4.78 is 5.06. The molecule has 1 aromatic rings. The maximum absolute atomic E-state index is 11.6. The third kappa shape index (κ3) is 3.78. The molecule has 0 fully saturated rings. The van der Waals surface area contributed by atoms with Crippen LogP contribution in [0.2, 0.25) is 0 Å². The van der Waals surface area contributed by atoms with Gasteiger partial charge in [-0.1, -0.05) is 19.1 Å². The fourth-order valence-electron chi connectivity index (χ4n) is 1.35. The van der Waals surface area contributed by atoms with E-state index in [-0.39, 0.29) is 5.97 Å². The average Bonchev–Trinajstić information content (AvgIpc) is 2.33. The summed E-state index contributed by atoms with van der Waals surface area (Å²) in [5.41, 5.74) is 1.67. The number of hydrogen-bond donors (Lipinski definition) is 0. The van der Waals surface area contributed by atoms with Crippen LogP contribution in [0.25, 0.3) is 0 Å². The zero-order chi connectivity index (χ0) is 11.8. The second-order valence-electron chi connectivity index (χ2n) is 3.54. The van der Waals surface area contributed by atoms with Crippen LogP contribution in [0.4, 0.5) is 0 Å². The van der Waals surface area contributed by atoms with Crippen molar-refractivity contribution in [2.75, 3.05) is 6.61 Å². The van der Waals surface area contributed by atoms with Crippen molar-refractivity contribution in [2.45, 2.75) is 26.2 Å². The van der Waals surface area contributed by atoms with Crippen LogP contribution >= 0.6 is 0 Å². The molecule has 0 amide bonds. The summed E-state index contributed by atoms with van der Waals surface area (Å²) in [7, 11) is 0. The van der Waals surface area contributed by atoms with Crippen molar-refractivity contribution < 1.29 is 9.53 Å². The molecule has 0 aliphatic heterocycles. The number of rotatable bonds is 5. The van der Waals surface area contributed by atoms with E-state index in [4.69, 9.17) is 11.2 Å². The Bertz CT molecular complexity index is 388. The number of hydrogen-bond acceptors (Lipinski definition) is 2. The largest absolute Gasteiger partial charge is 0.462 e. The Balaban J connectivity index is 2.66. The standard InChI is InChI=1S/C14H16O2/c1-3-5-7-12-8-6-9-13(11-12)14(15)16-10-4-2/h1,6,8-9,11H,4-5,7,10H2,2H3. The van der Waals surface area contributed by atoms with Gasteiger partial charge in [0, 0.05) is 6.42 Å². The van der Waals surface area contributed by atoms with Gasteiger partial charge in [-0.2, -0.15) is 0 Å². The fraction of sp³-hybridized carbons (Fsp3) is 0.357. The van der Waals surface area contributed by atoms with Crippen LogP contribution in [0.3, 0.4) is 0 Å². The van der Waals surface area contributed by atoms with Crippen LogP contribution < -0.4 is 0 Å². The molecule has 0 saturated heterocycles. The number of carbonyl (C=O) groups is 1. The van der Waals surface area contributed by atoms with Crippen molar-refractivity contribution in [3.63, 3.8) is 0 Å². The second-order valence-corrected chi connectivity index (χ2v) is 3.54. The lowest BCUT2D eigenvalue weighted by Gasteiger charge is -2.04. The Kier molecular flexibility index (Phi) is 5.15. The minimum atomic E-state index is -0.260. The first-order valence-electron chi connectivity index (χ1n) is 5.47. The van der Waals surface area contributed by atoms with Gasteiger partial charge in [-0.25, -0.2) is 4.79 Å². The molecule has 1 rings (SSSR count). The van der Waals surface area contributed by atoms with Gasteiger partial charge in [0.2, 0.25) is 0 Å². The molecule has 0 atom stereocenters. The maximum atomic E-state index is 11.6. The highest BCUT2D eigenvalue weighted by molar-refractivity contribution is 5.89. The molecule has 0 unspecified atom stereocenters. The quantitative estimate of drug-likeness (QED) is 0.559. The normalized spacial score (nSPS) is 9.50. The van der Waals surface area contributed by atoms with Gasteiger partial charge in [0.1, 0.15) is 0 Å². The molecule has 1 aromatic carbocycles. The summed E-state index contributed by atoms with van der Waals surface area (Å²) in [6.45, 7) is 2.43. The smallest absolute Gasteiger partial charge is 0.338 e. The second kappa shape index (κ2) is 6.68. The van der Waals surface area contributed by atoms with E-state index in [1.54, 1.807) is 6.07 Å². The van der Waals surface area contributed by atoms with E-state index in [2.05, 4.69) is 5.92 Å². The van der Waals surface area contributed by atoms with Crippen molar-refractivity contribution in [2.24, 2.45) is 0 Å². The van der Waals surface area contributed by atoms with E-state index < -0.39 is 0 Å². The monoisotopic (exact) mass is 216 g/mol. The van der Waals surface area contributed by atoms with E-state index >= 15 is 0 Å². The van der Waals surface area contributed by atoms with Crippen LogP contribution in [0.15, 0.2) is 24.3 Å². The minimum Gasteiger partial charge on any atom is -0.462 e. The highest BCUT2D eigenvalue weighted by atomic mass is 16.5. The molecule has 0 spiro atoms. The van der Waals surface area contributed by atoms with Gasteiger partial charge >= 0.3 is 5.97 Å². The van der Waals surface area contributed by atoms with Crippen molar-refractivity contribution in [3.05, 3.63) is 35.4 Å². The van der Waals surface area contributed by atoms with Crippen LogP contribution in [0, 0.1) is 12.3 Å². The van der Waals surface area contributed by atoms with Gasteiger partial charge in [0.25, 0.3) is 0 Å². The Labute approximate surface area is 96.6 Å². The first kappa shape index (κ1) is 12.3. The zero-order valence-corrected chi connectivity index (χ0v) is 9.53. The highest BCUT2D eigenvalue weighted by Gasteiger charge is 2.06. The number of carbonyl (C=O) groups excluding carboxylic acids is 1. The Hall–Kier alpha value is -1.75. The minimum absolute atomic E-state index is 0.260. The molecular formula is C14H16O2. The summed E-state index contributed by atoms with van der Waals surface area (Å²) in [6.07, 6.45) is 7.52. The SMILES string of the molecule is C#CCCc1cccc(C(=O)OCCC)c1. The van der Waals surface area contributed by atoms with E-state index in [9.17, 15) is 4.79 Å². The third-order valence-electron chi connectivity index (χ3n) is 2.16. The first-order valence-corrected chi connectivity index (χ1v) is 5.47. The summed E-state index contributed by atoms with van der Waals surface area (Å²) in [5.74, 6) is 2.32. The van der Waals surface area contributed by atoms with E-state index in [1.165, 1.54) is 0 Å². The van der Waals surface area contributed by atoms with Gasteiger partial charge in [0.05, 0.1) is 12.2 Å². The van der Waals surface area contributed by atoms with Gasteiger partial charge in [0.15, 0.2) is 0 Å². The number of ether oxygens (including phenoxy) is 1.